The number of hydrogen-bond donors (Lipinski definition) is 1. The molecule has 6 nitrogen and oxygen atoms in total. The van der Waals surface area contributed by atoms with E-state index < -0.39 is 0 Å². The number of anilines is 2. The zero-order valence-electron chi connectivity index (χ0n) is 22.7. The van der Waals surface area contributed by atoms with Gasteiger partial charge in [-0.05, 0) is 100 Å². The van der Waals surface area contributed by atoms with E-state index in [4.69, 9.17) is 21.9 Å². The highest BCUT2D eigenvalue weighted by Gasteiger charge is 2.42. The smallest absolute Gasteiger partial charge is 0.174 e. The predicted molar refractivity (Wildman–Crippen MR) is 160 cm³/mol. The maximum absolute atomic E-state index is 5.93. The maximum atomic E-state index is 5.93. The predicted octanol–water partition coefficient (Wildman–Crippen LogP) is 6.52. The fourth-order valence-electron chi connectivity index (χ4n) is 5.59. The van der Waals surface area contributed by atoms with Gasteiger partial charge in [0.05, 0.1) is 24.9 Å². The molecule has 2 aromatic heterocycles. The third kappa shape index (κ3) is 4.63. The van der Waals surface area contributed by atoms with Crippen molar-refractivity contribution < 1.29 is 4.74 Å². The van der Waals surface area contributed by atoms with Gasteiger partial charge in [0.2, 0.25) is 0 Å². The molecule has 0 bridgehead atoms. The summed E-state index contributed by atoms with van der Waals surface area (Å²) in [6.07, 6.45) is 1.84. The van der Waals surface area contributed by atoms with Crippen LogP contribution in [0.2, 0.25) is 0 Å². The molecule has 2 aromatic carbocycles. The second kappa shape index (κ2) is 10.9. The van der Waals surface area contributed by atoms with Crippen LogP contribution in [0.1, 0.15) is 48.6 Å². The van der Waals surface area contributed by atoms with E-state index in [1.807, 2.05) is 36.5 Å². The lowest BCUT2D eigenvalue weighted by Gasteiger charge is -2.28. The van der Waals surface area contributed by atoms with Gasteiger partial charge < -0.3 is 24.4 Å². The molecule has 1 fully saturated rings. The second-order valence-electron chi connectivity index (χ2n) is 9.55. The monoisotopic (exact) mass is 525 g/mol. The van der Waals surface area contributed by atoms with E-state index in [2.05, 4.69) is 89.8 Å². The van der Waals surface area contributed by atoms with Gasteiger partial charge in [0.1, 0.15) is 5.75 Å². The minimum Gasteiger partial charge on any atom is -0.497 e. The van der Waals surface area contributed by atoms with Crippen LogP contribution in [0, 0.1) is 13.8 Å². The minimum atomic E-state index is -0.103. The number of benzene rings is 2. The van der Waals surface area contributed by atoms with Gasteiger partial charge in [-0.25, -0.2) is 0 Å². The molecule has 7 heteroatoms. The number of nitrogens with one attached hydrogen (secondary N) is 1. The van der Waals surface area contributed by atoms with Crippen LogP contribution < -0.4 is 19.9 Å². The van der Waals surface area contributed by atoms with Crippen LogP contribution in [0.15, 0.2) is 79.0 Å². The Kier molecular flexibility index (Phi) is 7.38. The quantitative estimate of drug-likeness (QED) is 0.264. The van der Waals surface area contributed by atoms with Gasteiger partial charge in [0.25, 0.3) is 0 Å². The van der Waals surface area contributed by atoms with E-state index in [0.717, 1.165) is 35.9 Å². The third-order valence-corrected chi connectivity index (χ3v) is 7.77. The normalized spacial score (nSPS) is 17.0. The topological polar surface area (TPSA) is 45.6 Å². The standard InChI is InChI=1S/C31H35N5OS/c1-6-34(7-2)23-14-16-24(17-15-23)35-21(3)19-27(22(35)4)30-29(28-13-8-9-18-32-28)33-31(38)36(30)25-11-10-12-26(20-25)37-5/h8-20,29-30H,6-7H2,1-5H3,(H,33,38)/t29-,30+/m0/s1. The van der Waals surface area contributed by atoms with Crippen molar-refractivity contribution >= 4 is 28.7 Å². The molecular formula is C31H35N5OS. The van der Waals surface area contributed by atoms with Crippen LogP contribution in [0.25, 0.3) is 5.69 Å². The fourth-order valence-corrected chi connectivity index (χ4v) is 5.94. The van der Waals surface area contributed by atoms with E-state index in [1.165, 1.54) is 22.6 Å². The van der Waals surface area contributed by atoms with E-state index >= 15 is 0 Å². The molecule has 0 aliphatic carbocycles. The first kappa shape index (κ1) is 25.8. The van der Waals surface area contributed by atoms with E-state index in [1.54, 1.807) is 7.11 Å². The molecule has 2 atom stereocenters. The molecule has 1 aliphatic heterocycles. The molecule has 196 valence electrons. The molecule has 0 amide bonds. The second-order valence-corrected chi connectivity index (χ2v) is 9.94. The van der Waals surface area contributed by atoms with E-state index in [-0.39, 0.29) is 12.1 Å². The minimum absolute atomic E-state index is 0.0839. The molecular weight excluding hydrogens is 490 g/mol. The summed E-state index contributed by atoms with van der Waals surface area (Å²) in [6.45, 7) is 10.7. The number of ether oxygens (including phenoxy) is 1. The van der Waals surface area contributed by atoms with Gasteiger partial charge in [-0.2, -0.15) is 0 Å². The summed E-state index contributed by atoms with van der Waals surface area (Å²) in [5.41, 5.74) is 7.90. The third-order valence-electron chi connectivity index (χ3n) is 7.46. The number of nitrogens with zero attached hydrogens (tertiary/aromatic N) is 4. The first-order valence-corrected chi connectivity index (χ1v) is 13.6. The molecule has 0 saturated carbocycles. The molecule has 1 N–H and O–H groups in total. The van der Waals surface area contributed by atoms with Crippen LogP contribution >= 0.6 is 12.2 Å². The summed E-state index contributed by atoms with van der Waals surface area (Å²) in [4.78, 5) is 9.27. The Morgan fingerprint density at radius 3 is 2.37 bits per heavy atom. The molecule has 5 rings (SSSR count). The number of aromatic nitrogens is 2. The van der Waals surface area contributed by atoms with Gasteiger partial charge >= 0.3 is 0 Å². The van der Waals surface area contributed by atoms with Gasteiger partial charge in [0, 0.05) is 53.8 Å². The molecule has 1 aliphatic rings. The first-order chi connectivity index (χ1) is 18.5. The van der Waals surface area contributed by atoms with Crippen LogP contribution in [0.5, 0.6) is 5.75 Å². The molecule has 0 unspecified atom stereocenters. The van der Waals surface area contributed by atoms with Crippen LogP contribution in [0.3, 0.4) is 0 Å². The number of pyridine rings is 1. The van der Waals surface area contributed by atoms with Gasteiger partial charge in [-0.3, -0.25) is 4.98 Å². The molecule has 3 heterocycles. The Morgan fingerprint density at radius 2 is 1.71 bits per heavy atom. The average Bonchev–Trinajstić information content (AvgIpc) is 3.45. The fraction of sp³-hybridized carbons (Fsp3) is 0.290. The lowest BCUT2D eigenvalue weighted by molar-refractivity contribution is 0.415. The van der Waals surface area contributed by atoms with Crippen molar-refractivity contribution in [3.05, 3.63) is 102 Å². The number of methoxy groups -OCH3 is 1. The zero-order valence-corrected chi connectivity index (χ0v) is 23.5. The summed E-state index contributed by atoms with van der Waals surface area (Å²) in [6, 6.07) is 25.1. The van der Waals surface area contributed by atoms with Gasteiger partial charge in [0.15, 0.2) is 5.11 Å². The lowest BCUT2D eigenvalue weighted by atomic mass is 9.96. The molecule has 1 saturated heterocycles. The van der Waals surface area contributed by atoms with Gasteiger partial charge in [-0.1, -0.05) is 12.1 Å². The van der Waals surface area contributed by atoms with Crippen molar-refractivity contribution in [1.82, 2.24) is 14.9 Å². The Labute approximate surface area is 230 Å². The highest BCUT2D eigenvalue weighted by Crippen LogP contribution is 2.44. The summed E-state index contributed by atoms with van der Waals surface area (Å²) in [5.74, 6) is 0.795. The Hall–Kier alpha value is -3.84. The van der Waals surface area contributed by atoms with Gasteiger partial charge in [-0.15, -0.1) is 0 Å². The van der Waals surface area contributed by atoms with Crippen molar-refractivity contribution in [1.29, 1.82) is 0 Å². The van der Waals surface area contributed by atoms with Crippen LogP contribution in [0.4, 0.5) is 11.4 Å². The Balaban J connectivity index is 1.61. The highest BCUT2D eigenvalue weighted by molar-refractivity contribution is 7.80. The lowest BCUT2D eigenvalue weighted by Crippen LogP contribution is -2.29. The number of rotatable bonds is 8. The largest absolute Gasteiger partial charge is 0.497 e. The molecule has 4 aromatic rings. The zero-order chi connectivity index (χ0) is 26.8. The van der Waals surface area contributed by atoms with Crippen molar-refractivity contribution in [2.24, 2.45) is 0 Å². The number of aryl methyl sites for hydroxylation is 1. The summed E-state index contributed by atoms with van der Waals surface area (Å²) in [5, 5.41) is 4.25. The van der Waals surface area contributed by atoms with Crippen molar-refractivity contribution in [2.45, 2.75) is 39.8 Å². The van der Waals surface area contributed by atoms with Crippen LogP contribution in [-0.2, 0) is 0 Å². The summed E-state index contributed by atoms with van der Waals surface area (Å²) >= 11 is 5.93. The summed E-state index contributed by atoms with van der Waals surface area (Å²) < 4.78 is 7.87. The molecule has 0 radical (unpaired) electrons. The van der Waals surface area contributed by atoms with E-state index in [9.17, 15) is 0 Å². The van der Waals surface area contributed by atoms with Crippen molar-refractivity contribution in [2.75, 3.05) is 30.0 Å². The van der Waals surface area contributed by atoms with Crippen molar-refractivity contribution in [3.63, 3.8) is 0 Å². The highest BCUT2D eigenvalue weighted by atomic mass is 32.1. The molecule has 0 spiro atoms. The van der Waals surface area contributed by atoms with Crippen molar-refractivity contribution in [3.8, 4) is 11.4 Å². The number of thiocarbonyl (C=S) groups is 1. The first-order valence-electron chi connectivity index (χ1n) is 13.2. The average molecular weight is 526 g/mol. The Bertz CT molecular complexity index is 1410. The maximum Gasteiger partial charge on any atom is 0.174 e. The Morgan fingerprint density at radius 1 is 0.947 bits per heavy atom. The number of hydrogen-bond acceptors (Lipinski definition) is 4. The SMILES string of the molecule is CCN(CC)c1ccc(-n2c(C)cc([C@@H]3[C@H](c4ccccn4)NC(=S)N3c3cccc(OC)c3)c2C)cc1. The van der Waals surface area contributed by atoms with Crippen LogP contribution in [-0.4, -0.2) is 34.9 Å². The van der Waals surface area contributed by atoms with E-state index in [0.29, 0.717) is 5.11 Å². The molecule has 38 heavy (non-hydrogen) atoms. The summed E-state index contributed by atoms with van der Waals surface area (Å²) in [7, 11) is 1.69.